The van der Waals surface area contributed by atoms with E-state index >= 15 is 0 Å². The monoisotopic (exact) mass is 332 g/mol. The second kappa shape index (κ2) is 5.92. The zero-order valence-electron chi connectivity index (χ0n) is 12.2. The van der Waals surface area contributed by atoms with E-state index in [1.165, 1.54) is 12.1 Å². The minimum absolute atomic E-state index is 0.263. The summed E-state index contributed by atoms with van der Waals surface area (Å²) < 4.78 is 40.9. The van der Waals surface area contributed by atoms with Gasteiger partial charge in [0.25, 0.3) is 0 Å². The smallest absolute Gasteiger partial charge is 0.231 e. The SMILES string of the molecule is CS(=O)(=O)c1ccc(Cc2nc(-c3ccc(F)cc3)no2)cc1. The van der Waals surface area contributed by atoms with Crippen LogP contribution in [0.25, 0.3) is 11.4 Å². The van der Waals surface area contributed by atoms with Gasteiger partial charge in [0.05, 0.1) is 11.3 Å². The molecule has 0 fully saturated rings. The Morgan fingerprint density at radius 1 is 1.04 bits per heavy atom. The summed E-state index contributed by atoms with van der Waals surface area (Å²) in [5, 5.41) is 3.86. The van der Waals surface area contributed by atoms with Gasteiger partial charge in [-0.3, -0.25) is 0 Å². The molecular weight excluding hydrogens is 319 g/mol. The molecule has 3 rings (SSSR count). The van der Waals surface area contributed by atoms with Crippen LogP contribution in [0.2, 0.25) is 0 Å². The van der Waals surface area contributed by atoms with E-state index in [1.807, 2.05) is 0 Å². The Labute approximate surface area is 132 Å². The molecule has 23 heavy (non-hydrogen) atoms. The first-order valence-electron chi connectivity index (χ1n) is 6.79. The zero-order valence-corrected chi connectivity index (χ0v) is 13.0. The molecule has 0 amide bonds. The highest BCUT2D eigenvalue weighted by Gasteiger charge is 2.11. The van der Waals surface area contributed by atoms with Crippen molar-refractivity contribution < 1.29 is 17.3 Å². The summed E-state index contributed by atoms with van der Waals surface area (Å²) in [7, 11) is -3.21. The second-order valence-electron chi connectivity index (χ2n) is 5.11. The highest BCUT2D eigenvalue weighted by molar-refractivity contribution is 7.90. The minimum Gasteiger partial charge on any atom is -0.339 e. The Morgan fingerprint density at radius 3 is 2.30 bits per heavy atom. The van der Waals surface area contributed by atoms with Gasteiger partial charge in [0.2, 0.25) is 11.7 Å². The molecule has 0 bridgehead atoms. The molecule has 0 saturated heterocycles. The van der Waals surface area contributed by atoms with Gasteiger partial charge in [-0.2, -0.15) is 4.98 Å². The maximum absolute atomic E-state index is 12.9. The molecule has 0 aliphatic carbocycles. The third kappa shape index (κ3) is 3.62. The molecule has 3 aromatic rings. The largest absolute Gasteiger partial charge is 0.339 e. The lowest BCUT2D eigenvalue weighted by Gasteiger charge is -2.00. The molecule has 118 valence electrons. The second-order valence-corrected chi connectivity index (χ2v) is 7.13. The van der Waals surface area contributed by atoms with Crippen LogP contribution in [0.15, 0.2) is 57.9 Å². The van der Waals surface area contributed by atoms with Gasteiger partial charge in [0, 0.05) is 11.8 Å². The van der Waals surface area contributed by atoms with Crippen LogP contribution in [-0.2, 0) is 16.3 Å². The number of sulfone groups is 1. The van der Waals surface area contributed by atoms with Gasteiger partial charge in [-0.15, -0.1) is 0 Å². The lowest BCUT2D eigenvalue weighted by atomic mass is 10.1. The lowest BCUT2D eigenvalue weighted by molar-refractivity contribution is 0.385. The van der Waals surface area contributed by atoms with Crippen molar-refractivity contribution in [3.63, 3.8) is 0 Å². The molecule has 7 heteroatoms. The van der Waals surface area contributed by atoms with Crippen molar-refractivity contribution in [1.82, 2.24) is 10.1 Å². The molecular formula is C16H13FN2O3S. The van der Waals surface area contributed by atoms with Crippen molar-refractivity contribution in [1.29, 1.82) is 0 Å². The van der Waals surface area contributed by atoms with Crippen LogP contribution in [0.3, 0.4) is 0 Å². The number of hydrogen-bond acceptors (Lipinski definition) is 5. The highest BCUT2D eigenvalue weighted by Crippen LogP contribution is 2.18. The molecule has 2 aromatic carbocycles. The molecule has 0 unspecified atom stereocenters. The molecule has 1 heterocycles. The summed E-state index contributed by atoms with van der Waals surface area (Å²) >= 11 is 0. The molecule has 0 N–H and O–H groups in total. The Kier molecular flexibility index (Phi) is 3.96. The van der Waals surface area contributed by atoms with Crippen molar-refractivity contribution in [3.05, 3.63) is 65.8 Å². The van der Waals surface area contributed by atoms with E-state index in [9.17, 15) is 12.8 Å². The Morgan fingerprint density at radius 2 is 1.70 bits per heavy atom. The number of rotatable bonds is 4. The zero-order chi connectivity index (χ0) is 16.4. The van der Waals surface area contributed by atoms with Gasteiger partial charge in [-0.05, 0) is 42.0 Å². The van der Waals surface area contributed by atoms with Crippen LogP contribution in [0.1, 0.15) is 11.5 Å². The first kappa shape index (κ1) is 15.4. The van der Waals surface area contributed by atoms with E-state index in [0.717, 1.165) is 11.8 Å². The van der Waals surface area contributed by atoms with Crippen LogP contribution in [0, 0.1) is 5.82 Å². The topological polar surface area (TPSA) is 73.1 Å². The van der Waals surface area contributed by atoms with E-state index in [-0.39, 0.29) is 10.7 Å². The van der Waals surface area contributed by atoms with Crippen LogP contribution >= 0.6 is 0 Å². The van der Waals surface area contributed by atoms with Crippen molar-refractivity contribution in [2.75, 3.05) is 6.26 Å². The third-order valence-corrected chi connectivity index (χ3v) is 4.41. The normalized spacial score (nSPS) is 11.6. The molecule has 5 nitrogen and oxygen atoms in total. The predicted octanol–water partition coefficient (Wildman–Crippen LogP) is 2.87. The van der Waals surface area contributed by atoms with Crippen LogP contribution in [0.4, 0.5) is 4.39 Å². The van der Waals surface area contributed by atoms with Crippen LogP contribution in [-0.4, -0.2) is 24.8 Å². The van der Waals surface area contributed by atoms with Gasteiger partial charge in [0.15, 0.2) is 9.84 Å². The maximum Gasteiger partial charge on any atom is 0.231 e. The van der Waals surface area contributed by atoms with Crippen LogP contribution in [0.5, 0.6) is 0 Å². The molecule has 0 spiro atoms. The summed E-state index contributed by atoms with van der Waals surface area (Å²) in [6, 6.07) is 12.3. The van der Waals surface area contributed by atoms with E-state index in [2.05, 4.69) is 10.1 Å². The van der Waals surface area contributed by atoms with Crippen LogP contribution < -0.4 is 0 Å². The van der Waals surface area contributed by atoms with Crippen molar-refractivity contribution in [2.45, 2.75) is 11.3 Å². The summed E-state index contributed by atoms with van der Waals surface area (Å²) in [5.41, 5.74) is 1.51. The molecule has 0 radical (unpaired) electrons. The number of halogens is 1. The molecule has 0 aliphatic rings. The van der Waals surface area contributed by atoms with Crippen molar-refractivity contribution >= 4 is 9.84 Å². The highest BCUT2D eigenvalue weighted by atomic mass is 32.2. The lowest BCUT2D eigenvalue weighted by Crippen LogP contribution is -1.97. The van der Waals surface area contributed by atoms with Gasteiger partial charge in [-0.1, -0.05) is 17.3 Å². The average Bonchev–Trinajstić information content (AvgIpc) is 2.96. The number of hydrogen-bond donors (Lipinski definition) is 0. The van der Waals surface area contributed by atoms with E-state index < -0.39 is 9.84 Å². The Bertz CT molecular complexity index is 917. The molecule has 0 aliphatic heterocycles. The Balaban J connectivity index is 1.78. The maximum atomic E-state index is 12.9. The summed E-state index contributed by atoms with van der Waals surface area (Å²) in [6.45, 7) is 0. The molecule has 1 aromatic heterocycles. The first-order chi connectivity index (χ1) is 10.9. The van der Waals surface area contributed by atoms with Crippen molar-refractivity contribution in [2.24, 2.45) is 0 Å². The fourth-order valence-corrected chi connectivity index (χ4v) is 2.70. The molecule has 0 saturated carbocycles. The Hall–Kier alpha value is -2.54. The van der Waals surface area contributed by atoms with Crippen molar-refractivity contribution in [3.8, 4) is 11.4 Å². The summed E-state index contributed by atoms with van der Waals surface area (Å²) in [4.78, 5) is 4.52. The van der Waals surface area contributed by atoms with Gasteiger partial charge in [0.1, 0.15) is 5.82 Å². The number of aromatic nitrogens is 2. The standard InChI is InChI=1S/C16H13FN2O3S/c1-23(20,21)14-8-2-11(3-9-14)10-15-18-16(19-22-15)12-4-6-13(17)7-5-12/h2-9H,10H2,1H3. The molecule has 0 atom stereocenters. The van der Waals surface area contributed by atoms with Gasteiger partial charge in [-0.25, -0.2) is 12.8 Å². The minimum atomic E-state index is -3.21. The predicted molar refractivity (Wildman–Crippen MR) is 82.0 cm³/mol. The van der Waals surface area contributed by atoms with Gasteiger partial charge >= 0.3 is 0 Å². The number of benzene rings is 2. The van der Waals surface area contributed by atoms with E-state index in [4.69, 9.17) is 4.52 Å². The van der Waals surface area contributed by atoms with E-state index in [1.54, 1.807) is 36.4 Å². The fraction of sp³-hybridized carbons (Fsp3) is 0.125. The van der Waals surface area contributed by atoms with Gasteiger partial charge < -0.3 is 4.52 Å². The summed E-state index contributed by atoms with van der Waals surface area (Å²) in [6.07, 6.45) is 1.55. The number of nitrogens with zero attached hydrogens (tertiary/aromatic N) is 2. The fourth-order valence-electron chi connectivity index (χ4n) is 2.07. The average molecular weight is 332 g/mol. The summed E-state index contributed by atoms with van der Waals surface area (Å²) in [5.74, 6) is 0.452. The first-order valence-corrected chi connectivity index (χ1v) is 8.68. The quantitative estimate of drug-likeness (QED) is 0.734. The third-order valence-electron chi connectivity index (χ3n) is 3.28. The van der Waals surface area contributed by atoms with E-state index in [0.29, 0.717) is 23.7 Å².